The van der Waals surface area contributed by atoms with Crippen molar-refractivity contribution in [2.75, 3.05) is 17.7 Å². The minimum atomic E-state index is -0.298. The highest BCUT2D eigenvalue weighted by Crippen LogP contribution is 2.19. The molecule has 6 nitrogen and oxygen atoms in total. The summed E-state index contributed by atoms with van der Waals surface area (Å²) >= 11 is 0. The zero-order chi connectivity index (χ0) is 12.8. The molecule has 0 saturated heterocycles. The summed E-state index contributed by atoms with van der Waals surface area (Å²) in [4.78, 5) is 19.1. The molecule has 18 heavy (non-hydrogen) atoms. The molecular formula is C12H12N4O2. The van der Waals surface area contributed by atoms with Crippen molar-refractivity contribution < 1.29 is 9.53 Å². The Morgan fingerprint density at radius 1 is 1.28 bits per heavy atom. The highest BCUT2D eigenvalue weighted by Gasteiger charge is 2.05. The van der Waals surface area contributed by atoms with Crippen molar-refractivity contribution in [3.8, 4) is 5.75 Å². The normalized spacial score (nSPS) is 9.78. The van der Waals surface area contributed by atoms with Gasteiger partial charge < -0.3 is 15.8 Å². The summed E-state index contributed by atoms with van der Waals surface area (Å²) in [5, 5.41) is 2.60. The first-order chi connectivity index (χ1) is 8.75. The molecule has 2 aromatic rings. The smallest absolute Gasteiger partial charge is 0.262 e. The van der Waals surface area contributed by atoms with Gasteiger partial charge in [0.25, 0.3) is 5.91 Å². The third kappa shape index (κ3) is 3.18. The Morgan fingerprint density at radius 3 is 2.72 bits per heavy atom. The highest BCUT2D eigenvalue weighted by atomic mass is 16.5. The Bertz CT molecular complexity index is 531. The van der Waals surface area contributed by atoms with Gasteiger partial charge in [-0.15, -0.1) is 0 Å². The predicted molar refractivity (Wildman–Crippen MR) is 67.0 cm³/mol. The number of aromatic nitrogens is 2. The molecule has 0 unspecified atom stereocenters. The molecular weight excluding hydrogens is 232 g/mol. The molecule has 2 rings (SSSR count). The van der Waals surface area contributed by atoms with Crippen molar-refractivity contribution in [1.82, 2.24) is 9.97 Å². The molecule has 3 N–H and O–H groups in total. The van der Waals surface area contributed by atoms with Gasteiger partial charge in [0.05, 0.1) is 23.8 Å². The van der Waals surface area contributed by atoms with Crippen LogP contribution in [0.15, 0.2) is 43.0 Å². The van der Waals surface area contributed by atoms with Gasteiger partial charge in [-0.1, -0.05) is 12.1 Å². The first kappa shape index (κ1) is 11.8. The second-order valence-corrected chi connectivity index (χ2v) is 3.50. The van der Waals surface area contributed by atoms with Crippen LogP contribution in [0.4, 0.5) is 11.4 Å². The van der Waals surface area contributed by atoms with Crippen molar-refractivity contribution in [3.05, 3.63) is 43.0 Å². The monoisotopic (exact) mass is 244 g/mol. The zero-order valence-corrected chi connectivity index (χ0v) is 9.54. The van der Waals surface area contributed by atoms with Gasteiger partial charge in [-0.05, 0) is 12.1 Å². The molecule has 1 amide bonds. The lowest BCUT2D eigenvalue weighted by Gasteiger charge is -2.08. The summed E-state index contributed by atoms with van der Waals surface area (Å²) in [6, 6.07) is 6.99. The molecule has 0 aliphatic rings. The van der Waals surface area contributed by atoms with Crippen LogP contribution in [0.5, 0.6) is 5.75 Å². The molecule has 0 atom stereocenters. The van der Waals surface area contributed by atoms with E-state index in [1.807, 2.05) is 0 Å². The first-order valence-electron chi connectivity index (χ1n) is 5.28. The number of ether oxygens (including phenoxy) is 1. The van der Waals surface area contributed by atoms with Gasteiger partial charge in [0.1, 0.15) is 12.1 Å². The minimum absolute atomic E-state index is 0.122. The summed E-state index contributed by atoms with van der Waals surface area (Å²) < 4.78 is 5.29. The number of para-hydroxylation sites is 2. The van der Waals surface area contributed by atoms with E-state index in [9.17, 15) is 4.79 Å². The van der Waals surface area contributed by atoms with Gasteiger partial charge in [0.15, 0.2) is 6.61 Å². The number of rotatable bonds is 4. The van der Waals surface area contributed by atoms with E-state index in [2.05, 4.69) is 15.3 Å². The van der Waals surface area contributed by atoms with E-state index in [4.69, 9.17) is 10.5 Å². The van der Waals surface area contributed by atoms with Gasteiger partial charge in [-0.2, -0.15) is 0 Å². The van der Waals surface area contributed by atoms with E-state index >= 15 is 0 Å². The first-order valence-corrected chi connectivity index (χ1v) is 5.28. The van der Waals surface area contributed by atoms with Crippen LogP contribution in [0, 0.1) is 0 Å². The lowest BCUT2D eigenvalue weighted by atomic mass is 10.3. The molecule has 0 aliphatic heterocycles. The summed E-state index contributed by atoms with van der Waals surface area (Å²) in [7, 11) is 0. The fourth-order valence-electron chi connectivity index (χ4n) is 1.32. The van der Waals surface area contributed by atoms with Crippen molar-refractivity contribution >= 4 is 17.3 Å². The number of carbonyl (C=O) groups excluding carboxylic acids is 1. The van der Waals surface area contributed by atoms with Crippen LogP contribution in [0.3, 0.4) is 0 Å². The van der Waals surface area contributed by atoms with Gasteiger partial charge >= 0.3 is 0 Å². The summed E-state index contributed by atoms with van der Waals surface area (Å²) in [6.45, 7) is -0.122. The number of carbonyl (C=O) groups is 1. The maximum Gasteiger partial charge on any atom is 0.262 e. The van der Waals surface area contributed by atoms with Gasteiger partial charge in [0.2, 0.25) is 0 Å². The van der Waals surface area contributed by atoms with Gasteiger partial charge in [-0.3, -0.25) is 4.79 Å². The average molecular weight is 244 g/mol. The van der Waals surface area contributed by atoms with Crippen LogP contribution in [-0.2, 0) is 4.79 Å². The van der Waals surface area contributed by atoms with Crippen LogP contribution in [-0.4, -0.2) is 22.5 Å². The Labute approximate surface area is 104 Å². The molecule has 0 aliphatic carbocycles. The molecule has 0 radical (unpaired) electrons. The van der Waals surface area contributed by atoms with E-state index in [0.717, 1.165) is 0 Å². The second-order valence-electron chi connectivity index (χ2n) is 3.50. The number of nitrogen functional groups attached to an aromatic ring is 1. The number of amides is 1. The molecule has 0 bridgehead atoms. The van der Waals surface area contributed by atoms with E-state index in [-0.39, 0.29) is 12.5 Å². The molecule has 1 aromatic heterocycles. The van der Waals surface area contributed by atoms with Crippen LogP contribution in [0.1, 0.15) is 0 Å². The molecule has 1 aromatic carbocycles. The number of nitrogens with one attached hydrogen (secondary N) is 1. The SMILES string of the molecule is Nc1ccccc1OCC(=O)Nc1cncnc1. The summed E-state index contributed by atoms with van der Waals surface area (Å²) in [6.07, 6.45) is 4.39. The number of nitrogens with two attached hydrogens (primary N) is 1. The lowest BCUT2D eigenvalue weighted by molar-refractivity contribution is -0.118. The predicted octanol–water partition coefficient (Wildman–Crippen LogP) is 1.08. The van der Waals surface area contributed by atoms with Crippen LogP contribution in [0.2, 0.25) is 0 Å². The molecule has 0 fully saturated rings. The Hall–Kier alpha value is -2.63. The van der Waals surface area contributed by atoms with E-state index in [1.54, 1.807) is 24.3 Å². The minimum Gasteiger partial charge on any atom is -0.482 e. The lowest BCUT2D eigenvalue weighted by Crippen LogP contribution is -2.20. The van der Waals surface area contributed by atoms with Gasteiger partial charge in [0, 0.05) is 0 Å². The van der Waals surface area contributed by atoms with Crippen LogP contribution < -0.4 is 15.8 Å². The third-order valence-corrected chi connectivity index (χ3v) is 2.12. The van der Waals surface area contributed by atoms with Crippen LogP contribution >= 0.6 is 0 Å². The summed E-state index contributed by atoms with van der Waals surface area (Å²) in [5.74, 6) is 0.185. The molecule has 6 heteroatoms. The number of benzene rings is 1. The zero-order valence-electron chi connectivity index (χ0n) is 9.54. The third-order valence-electron chi connectivity index (χ3n) is 2.12. The van der Waals surface area contributed by atoms with Crippen molar-refractivity contribution in [2.45, 2.75) is 0 Å². The number of anilines is 2. The summed E-state index contributed by atoms with van der Waals surface area (Å²) in [5.41, 5.74) is 6.70. The molecule has 92 valence electrons. The Balaban J connectivity index is 1.88. The van der Waals surface area contributed by atoms with E-state index in [0.29, 0.717) is 17.1 Å². The van der Waals surface area contributed by atoms with Crippen molar-refractivity contribution in [3.63, 3.8) is 0 Å². The van der Waals surface area contributed by atoms with Gasteiger partial charge in [-0.25, -0.2) is 9.97 Å². The van der Waals surface area contributed by atoms with Crippen molar-refractivity contribution in [2.24, 2.45) is 0 Å². The topological polar surface area (TPSA) is 90.1 Å². The molecule has 1 heterocycles. The molecule has 0 spiro atoms. The van der Waals surface area contributed by atoms with E-state index < -0.39 is 0 Å². The largest absolute Gasteiger partial charge is 0.482 e. The number of nitrogens with zero attached hydrogens (tertiary/aromatic N) is 2. The maximum absolute atomic E-state index is 11.6. The standard InChI is InChI=1S/C12H12N4O2/c13-10-3-1-2-4-11(10)18-7-12(17)16-9-5-14-8-15-6-9/h1-6,8H,7,13H2,(H,16,17). The maximum atomic E-state index is 11.6. The highest BCUT2D eigenvalue weighted by molar-refractivity contribution is 5.91. The van der Waals surface area contributed by atoms with Crippen LogP contribution in [0.25, 0.3) is 0 Å². The Kier molecular flexibility index (Phi) is 3.70. The fourth-order valence-corrected chi connectivity index (χ4v) is 1.32. The number of hydrogen-bond donors (Lipinski definition) is 2. The molecule has 0 saturated carbocycles. The number of hydrogen-bond acceptors (Lipinski definition) is 5. The Morgan fingerprint density at radius 2 is 2.00 bits per heavy atom. The van der Waals surface area contributed by atoms with E-state index in [1.165, 1.54) is 18.7 Å². The average Bonchev–Trinajstić information content (AvgIpc) is 2.39. The second kappa shape index (κ2) is 5.62. The quantitative estimate of drug-likeness (QED) is 0.785. The fraction of sp³-hybridized carbons (Fsp3) is 0.0833. The van der Waals surface area contributed by atoms with Crippen molar-refractivity contribution in [1.29, 1.82) is 0 Å².